The molecule has 78 valence electrons. The summed E-state index contributed by atoms with van der Waals surface area (Å²) in [5.74, 6) is -4.30. The molecule has 0 aromatic heterocycles. The van der Waals surface area contributed by atoms with Crippen LogP contribution in [0.15, 0.2) is 42.5 Å². The van der Waals surface area contributed by atoms with Gasteiger partial charge in [-0.1, -0.05) is 36.4 Å². The van der Waals surface area contributed by atoms with E-state index in [4.69, 9.17) is 0 Å². The minimum Gasteiger partial charge on any atom is -0.299 e. The van der Waals surface area contributed by atoms with E-state index in [1.54, 1.807) is 30.3 Å². The fourth-order valence-corrected chi connectivity index (χ4v) is 1.84. The van der Waals surface area contributed by atoms with Crippen molar-refractivity contribution in [2.45, 2.75) is 11.8 Å². The second-order valence-electron chi connectivity index (χ2n) is 3.61. The third-order valence-corrected chi connectivity index (χ3v) is 2.66. The van der Waals surface area contributed by atoms with Crippen molar-refractivity contribution in [2.24, 2.45) is 5.92 Å². The second-order valence-corrected chi connectivity index (χ2v) is 3.61. The number of hydrogen-bond donors (Lipinski definition) is 0. The first-order valence-corrected chi connectivity index (χ1v) is 4.72. The van der Waals surface area contributed by atoms with Gasteiger partial charge < -0.3 is 0 Å². The second kappa shape index (κ2) is 3.57. The van der Waals surface area contributed by atoms with Gasteiger partial charge in [0.1, 0.15) is 6.29 Å². The summed E-state index contributed by atoms with van der Waals surface area (Å²) in [6.07, 6.45) is 2.95. The van der Waals surface area contributed by atoms with Crippen LogP contribution < -0.4 is 0 Å². The van der Waals surface area contributed by atoms with E-state index in [1.165, 1.54) is 6.08 Å². The van der Waals surface area contributed by atoms with E-state index in [-0.39, 0.29) is 0 Å². The number of allylic oxidation sites excluding steroid dienone is 2. The number of aldehydes is 1. The first kappa shape index (κ1) is 10.0. The molecule has 1 aliphatic rings. The molecule has 0 bridgehead atoms. The van der Waals surface area contributed by atoms with Crippen LogP contribution in [0.3, 0.4) is 0 Å². The number of hydrogen-bond acceptors (Lipinski definition) is 1. The Hall–Kier alpha value is -1.51. The van der Waals surface area contributed by atoms with Crippen LogP contribution in [0.5, 0.6) is 0 Å². The Kier molecular flexibility index (Phi) is 2.39. The van der Waals surface area contributed by atoms with E-state index in [9.17, 15) is 13.6 Å². The molecule has 1 nitrogen and oxygen atoms in total. The standard InChI is InChI=1S/C12H10F2O/c13-12(14)10(7-4-8-15)11(12)9-5-2-1-3-6-9/h1-8,10-11H/b7-4+/t10-,11?/m1/s1. The Morgan fingerprint density at radius 2 is 1.87 bits per heavy atom. The Labute approximate surface area is 86.4 Å². The minimum atomic E-state index is -2.71. The fourth-order valence-electron chi connectivity index (χ4n) is 1.84. The van der Waals surface area contributed by atoms with E-state index in [2.05, 4.69) is 0 Å². The molecule has 1 aromatic carbocycles. The van der Waals surface area contributed by atoms with E-state index in [1.807, 2.05) is 0 Å². The summed E-state index contributed by atoms with van der Waals surface area (Å²) in [5.41, 5.74) is 0.628. The van der Waals surface area contributed by atoms with Crippen LogP contribution in [0, 0.1) is 5.92 Å². The topological polar surface area (TPSA) is 17.1 Å². The summed E-state index contributed by atoms with van der Waals surface area (Å²) >= 11 is 0. The van der Waals surface area contributed by atoms with Crippen molar-refractivity contribution in [3.63, 3.8) is 0 Å². The Balaban J connectivity index is 2.19. The van der Waals surface area contributed by atoms with Gasteiger partial charge in [0, 0.05) is 0 Å². The van der Waals surface area contributed by atoms with Gasteiger partial charge in [0.15, 0.2) is 0 Å². The third-order valence-electron chi connectivity index (χ3n) is 2.66. The molecule has 1 aliphatic carbocycles. The van der Waals surface area contributed by atoms with Crippen LogP contribution in [-0.4, -0.2) is 12.2 Å². The molecule has 1 fully saturated rings. The van der Waals surface area contributed by atoms with Gasteiger partial charge in [-0.25, -0.2) is 8.78 Å². The molecule has 0 saturated heterocycles. The van der Waals surface area contributed by atoms with Gasteiger partial charge in [-0.15, -0.1) is 0 Å². The summed E-state index contributed by atoms with van der Waals surface area (Å²) in [6, 6.07) is 8.65. The number of benzene rings is 1. The molecule has 1 saturated carbocycles. The minimum absolute atomic E-state index is 0.524. The van der Waals surface area contributed by atoms with Crippen LogP contribution in [0.1, 0.15) is 11.5 Å². The zero-order chi connectivity index (χ0) is 10.9. The Morgan fingerprint density at radius 1 is 1.20 bits per heavy atom. The van der Waals surface area contributed by atoms with Crippen molar-refractivity contribution in [1.82, 2.24) is 0 Å². The first-order chi connectivity index (χ1) is 7.18. The van der Waals surface area contributed by atoms with Crippen LogP contribution in [0.4, 0.5) is 8.78 Å². The van der Waals surface area contributed by atoms with Crippen LogP contribution in [-0.2, 0) is 4.79 Å². The third kappa shape index (κ3) is 1.69. The lowest BCUT2D eigenvalue weighted by atomic mass is 10.1. The zero-order valence-corrected chi connectivity index (χ0v) is 7.94. The number of alkyl halides is 2. The zero-order valence-electron chi connectivity index (χ0n) is 7.94. The van der Waals surface area contributed by atoms with Gasteiger partial charge in [-0.3, -0.25) is 4.79 Å². The number of rotatable bonds is 3. The molecule has 0 aliphatic heterocycles. The first-order valence-electron chi connectivity index (χ1n) is 4.72. The molecule has 1 aromatic rings. The monoisotopic (exact) mass is 208 g/mol. The maximum absolute atomic E-state index is 13.3. The van der Waals surface area contributed by atoms with Crippen molar-refractivity contribution >= 4 is 6.29 Å². The van der Waals surface area contributed by atoms with Gasteiger partial charge in [0.05, 0.1) is 11.8 Å². The Bertz CT molecular complexity index is 384. The number of carbonyl (C=O) groups excluding carboxylic acids is 1. The summed E-state index contributed by atoms with van der Waals surface area (Å²) in [6.45, 7) is 0. The smallest absolute Gasteiger partial charge is 0.262 e. The quantitative estimate of drug-likeness (QED) is 0.551. The number of carbonyl (C=O) groups is 1. The fraction of sp³-hybridized carbons (Fsp3) is 0.250. The van der Waals surface area contributed by atoms with Crippen molar-refractivity contribution < 1.29 is 13.6 Å². The Morgan fingerprint density at radius 3 is 2.47 bits per heavy atom. The molecule has 0 spiro atoms. The highest BCUT2D eigenvalue weighted by atomic mass is 19.3. The molecule has 1 unspecified atom stereocenters. The summed E-state index contributed by atoms with van der Waals surface area (Å²) < 4.78 is 26.6. The molecule has 0 heterocycles. The van der Waals surface area contributed by atoms with Gasteiger partial charge in [-0.2, -0.15) is 0 Å². The van der Waals surface area contributed by atoms with Crippen LogP contribution in [0.2, 0.25) is 0 Å². The lowest BCUT2D eigenvalue weighted by Gasteiger charge is -1.96. The summed E-state index contributed by atoms with van der Waals surface area (Å²) in [7, 11) is 0. The van der Waals surface area contributed by atoms with Crippen molar-refractivity contribution in [2.75, 3.05) is 0 Å². The summed E-state index contributed by atoms with van der Waals surface area (Å²) in [4.78, 5) is 10.1. The van der Waals surface area contributed by atoms with E-state index in [0.717, 1.165) is 6.08 Å². The molecule has 15 heavy (non-hydrogen) atoms. The SMILES string of the molecule is O=C/C=C/[C@@H]1C(c2ccccc2)C1(F)F. The van der Waals surface area contributed by atoms with Gasteiger partial charge in [0.2, 0.25) is 0 Å². The average Bonchev–Trinajstić information content (AvgIpc) is 2.79. The van der Waals surface area contributed by atoms with Crippen molar-refractivity contribution in [3.05, 3.63) is 48.0 Å². The summed E-state index contributed by atoms with van der Waals surface area (Å²) in [5, 5.41) is 0. The predicted octanol–water partition coefficient (Wildman–Crippen LogP) is 2.79. The van der Waals surface area contributed by atoms with Crippen molar-refractivity contribution in [1.29, 1.82) is 0 Å². The molecule has 2 atom stereocenters. The molecule has 0 N–H and O–H groups in total. The lowest BCUT2D eigenvalue weighted by molar-refractivity contribution is -0.104. The largest absolute Gasteiger partial charge is 0.299 e. The molecule has 0 radical (unpaired) electrons. The normalized spacial score (nSPS) is 27.9. The van der Waals surface area contributed by atoms with Crippen molar-refractivity contribution in [3.8, 4) is 0 Å². The van der Waals surface area contributed by atoms with E-state index >= 15 is 0 Å². The highest BCUT2D eigenvalue weighted by Crippen LogP contribution is 2.62. The molecular weight excluding hydrogens is 198 g/mol. The lowest BCUT2D eigenvalue weighted by Crippen LogP contribution is -1.93. The van der Waals surface area contributed by atoms with Gasteiger partial charge in [0.25, 0.3) is 5.92 Å². The van der Waals surface area contributed by atoms with E-state index in [0.29, 0.717) is 11.8 Å². The highest BCUT2D eigenvalue weighted by Gasteiger charge is 2.67. The predicted molar refractivity (Wildman–Crippen MR) is 52.8 cm³/mol. The maximum Gasteiger partial charge on any atom is 0.262 e. The highest BCUT2D eigenvalue weighted by molar-refractivity contribution is 5.65. The van der Waals surface area contributed by atoms with E-state index < -0.39 is 17.8 Å². The van der Waals surface area contributed by atoms with Gasteiger partial charge >= 0.3 is 0 Å². The molecule has 2 rings (SSSR count). The van der Waals surface area contributed by atoms with Crippen LogP contribution in [0.25, 0.3) is 0 Å². The maximum atomic E-state index is 13.3. The van der Waals surface area contributed by atoms with Crippen LogP contribution >= 0.6 is 0 Å². The molecule has 0 amide bonds. The average molecular weight is 208 g/mol. The molecular formula is C12H10F2O. The van der Waals surface area contributed by atoms with Gasteiger partial charge in [-0.05, 0) is 11.6 Å². The number of halogens is 2. The molecule has 3 heteroatoms.